The summed E-state index contributed by atoms with van der Waals surface area (Å²) in [4.78, 5) is 0. The Labute approximate surface area is 47.2 Å². The van der Waals surface area contributed by atoms with Crippen LogP contribution in [-0.2, 0) is 11.1 Å². The molecule has 0 rings (SSSR count). The fourth-order valence-electron chi connectivity index (χ4n) is 0. The first-order chi connectivity index (χ1) is 3.15. The topological polar surface area (TPSA) is 40.1 Å². The highest BCUT2D eigenvalue weighted by Gasteiger charge is 1.41. The molecule has 0 amide bonds. The molecule has 2 nitrogen and oxygen atoms in total. The monoisotopic (exact) mass is 123 g/mol. The number of hydrogen-bond acceptors (Lipinski definition) is 2. The summed E-state index contributed by atoms with van der Waals surface area (Å²) in [5.41, 5.74) is 0. The molecule has 46 valence electrons. The molecule has 0 spiro atoms. The summed E-state index contributed by atoms with van der Waals surface area (Å²) in [7, 11) is 0. The Bertz CT molecular complexity index is 41.0. The zero-order valence-electron chi connectivity index (χ0n) is 4.93. The summed E-state index contributed by atoms with van der Waals surface area (Å²) in [6, 6.07) is 0. The molecular formula is C4H11O2S-. The molecule has 0 N–H and O–H groups in total. The lowest BCUT2D eigenvalue weighted by molar-refractivity contribution is 0.543. The van der Waals surface area contributed by atoms with Crippen LogP contribution in [0.15, 0.2) is 0 Å². The van der Waals surface area contributed by atoms with E-state index in [2.05, 4.69) is 13.8 Å². The Balaban J connectivity index is 0. The Kier molecular flexibility index (Phi) is 13.7. The maximum atomic E-state index is 9.00. The molecule has 0 aliphatic rings. The maximum Gasteiger partial charge on any atom is -0.00142 e. The van der Waals surface area contributed by atoms with E-state index in [0.29, 0.717) is 0 Å². The Morgan fingerprint density at radius 1 is 1.57 bits per heavy atom. The van der Waals surface area contributed by atoms with Gasteiger partial charge in [-0.25, -0.2) is 0 Å². The van der Waals surface area contributed by atoms with Crippen molar-refractivity contribution in [1.29, 1.82) is 0 Å². The third kappa shape index (κ3) is 8530. The average molecular weight is 123 g/mol. The molecule has 1 atom stereocenters. The molecule has 0 saturated carbocycles. The minimum Gasteiger partial charge on any atom is -0.773 e. The smallest absolute Gasteiger partial charge is 0.00142 e. The van der Waals surface area contributed by atoms with E-state index < -0.39 is 11.1 Å². The standard InChI is InChI=1S/C3H8.CH4O2S/c1-3-2;1-4(2)3/h3H2,1-2H3;1H3,(H,2,3)/p-1. The summed E-state index contributed by atoms with van der Waals surface area (Å²) in [6.45, 7) is 4.25. The van der Waals surface area contributed by atoms with E-state index in [4.69, 9.17) is 8.76 Å². The molecule has 3 heteroatoms. The Morgan fingerprint density at radius 3 is 1.57 bits per heavy atom. The van der Waals surface area contributed by atoms with Crippen molar-refractivity contribution in [2.45, 2.75) is 20.3 Å². The van der Waals surface area contributed by atoms with Crippen LogP contribution < -0.4 is 0 Å². The van der Waals surface area contributed by atoms with Gasteiger partial charge in [-0.1, -0.05) is 31.3 Å². The van der Waals surface area contributed by atoms with Gasteiger partial charge in [-0.3, -0.25) is 4.21 Å². The largest absolute Gasteiger partial charge is 0.773 e. The van der Waals surface area contributed by atoms with Gasteiger partial charge >= 0.3 is 0 Å². The minimum absolute atomic E-state index is 1.08. The van der Waals surface area contributed by atoms with Crippen LogP contribution in [0.1, 0.15) is 20.3 Å². The van der Waals surface area contributed by atoms with Crippen LogP contribution in [0.2, 0.25) is 0 Å². The van der Waals surface area contributed by atoms with Gasteiger partial charge in [0.1, 0.15) is 0 Å². The molecule has 0 aromatic rings. The predicted molar refractivity (Wildman–Crippen MR) is 30.8 cm³/mol. The second-order valence-corrected chi connectivity index (χ2v) is 1.91. The van der Waals surface area contributed by atoms with Crippen LogP contribution in [-0.4, -0.2) is 15.0 Å². The summed E-state index contributed by atoms with van der Waals surface area (Å²) >= 11 is -1.86. The van der Waals surface area contributed by atoms with Crippen molar-refractivity contribution in [3.8, 4) is 0 Å². The molecular weight excluding hydrogens is 112 g/mol. The lowest BCUT2D eigenvalue weighted by Crippen LogP contribution is -1.73. The van der Waals surface area contributed by atoms with Crippen molar-refractivity contribution in [2.24, 2.45) is 0 Å². The molecule has 0 aliphatic heterocycles. The third-order valence-electron chi connectivity index (χ3n) is 0. The molecule has 1 unspecified atom stereocenters. The Hall–Kier alpha value is 0.110. The van der Waals surface area contributed by atoms with E-state index in [1.165, 1.54) is 6.42 Å². The van der Waals surface area contributed by atoms with Crippen molar-refractivity contribution in [1.82, 2.24) is 0 Å². The van der Waals surface area contributed by atoms with Gasteiger partial charge in [0.2, 0.25) is 0 Å². The quantitative estimate of drug-likeness (QED) is 0.449. The zero-order valence-corrected chi connectivity index (χ0v) is 5.75. The number of hydrogen-bond donors (Lipinski definition) is 0. The van der Waals surface area contributed by atoms with Crippen molar-refractivity contribution < 1.29 is 8.76 Å². The van der Waals surface area contributed by atoms with Crippen LogP contribution in [0.4, 0.5) is 0 Å². The average Bonchev–Trinajstić information content (AvgIpc) is 1.33. The van der Waals surface area contributed by atoms with Crippen molar-refractivity contribution in [2.75, 3.05) is 6.26 Å². The third-order valence-corrected chi connectivity index (χ3v) is 0. The van der Waals surface area contributed by atoms with Crippen LogP contribution in [0.25, 0.3) is 0 Å². The van der Waals surface area contributed by atoms with Gasteiger partial charge in [0.15, 0.2) is 0 Å². The van der Waals surface area contributed by atoms with Crippen LogP contribution >= 0.6 is 0 Å². The van der Waals surface area contributed by atoms with Gasteiger partial charge in [0.05, 0.1) is 0 Å². The summed E-state index contributed by atoms with van der Waals surface area (Å²) in [6.07, 6.45) is 2.33. The molecule has 0 radical (unpaired) electrons. The van der Waals surface area contributed by atoms with Gasteiger partial charge in [0.25, 0.3) is 0 Å². The highest BCUT2D eigenvalue weighted by atomic mass is 32.2. The second kappa shape index (κ2) is 9.44. The Morgan fingerprint density at radius 2 is 1.57 bits per heavy atom. The highest BCUT2D eigenvalue weighted by molar-refractivity contribution is 7.78. The van der Waals surface area contributed by atoms with E-state index in [1.807, 2.05) is 0 Å². The normalized spacial score (nSPS) is 11.4. The lowest BCUT2D eigenvalue weighted by Gasteiger charge is -1.85. The first-order valence-corrected chi connectivity index (χ1v) is 3.64. The van der Waals surface area contributed by atoms with Gasteiger partial charge < -0.3 is 4.55 Å². The maximum absolute atomic E-state index is 9.00. The molecule has 7 heavy (non-hydrogen) atoms. The fraction of sp³-hybridized carbons (Fsp3) is 1.00. The SMILES string of the molecule is CCC.CS(=O)[O-]. The van der Waals surface area contributed by atoms with E-state index in [-0.39, 0.29) is 0 Å². The molecule has 0 saturated heterocycles. The van der Waals surface area contributed by atoms with E-state index in [9.17, 15) is 0 Å². The molecule has 0 fully saturated rings. The summed E-state index contributed by atoms with van der Waals surface area (Å²) < 4.78 is 18.0. The highest BCUT2D eigenvalue weighted by Crippen LogP contribution is 1.56. The summed E-state index contributed by atoms with van der Waals surface area (Å²) in [5.74, 6) is 0. The lowest BCUT2D eigenvalue weighted by atomic mass is 10.6. The van der Waals surface area contributed by atoms with Gasteiger partial charge in [-0.15, -0.1) is 0 Å². The van der Waals surface area contributed by atoms with Crippen molar-refractivity contribution >= 4 is 11.1 Å². The first-order valence-electron chi connectivity index (χ1n) is 2.16. The molecule has 0 aliphatic carbocycles. The van der Waals surface area contributed by atoms with E-state index in [0.717, 1.165) is 6.26 Å². The van der Waals surface area contributed by atoms with Crippen LogP contribution in [0, 0.1) is 0 Å². The van der Waals surface area contributed by atoms with Crippen molar-refractivity contribution in [3.63, 3.8) is 0 Å². The summed E-state index contributed by atoms with van der Waals surface area (Å²) in [5, 5.41) is 0. The van der Waals surface area contributed by atoms with Crippen molar-refractivity contribution in [3.05, 3.63) is 0 Å². The molecule has 0 aromatic carbocycles. The number of rotatable bonds is 0. The van der Waals surface area contributed by atoms with E-state index in [1.54, 1.807) is 0 Å². The van der Waals surface area contributed by atoms with Crippen LogP contribution in [0.5, 0.6) is 0 Å². The van der Waals surface area contributed by atoms with Gasteiger partial charge in [-0.2, -0.15) is 0 Å². The molecule has 0 aromatic heterocycles. The first kappa shape index (κ1) is 10.2. The zero-order chi connectivity index (χ0) is 6.28. The minimum atomic E-state index is -1.86. The van der Waals surface area contributed by atoms with Gasteiger partial charge in [-0.05, 0) is 6.26 Å². The van der Waals surface area contributed by atoms with Gasteiger partial charge in [0, 0.05) is 0 Å². The fourth-order valence-corrected chi connectivity index (χ4v) is 0. The van der Waals surface area contributed by atoms with E-state index >= 15 is 0 Å². The predicted octanol–water partition coefficient (Wildman–Crippen LogP) is 0.912. The second-order valence-electron chi connectivity index (χ2n) is 1.11. The molecule has 0 bridgehead atoms. The molecule has 0 heterocycles. The van der Waals surface area contributed by atoms with Crippen LogP contribution in [0.3, 0.4) is 0 Å².